The van der Waals surface area contributed by atoms with Crippen LogP contribution in [0.5, 0.6) is 0 Å². The van der Waals surface area contributed by atoms with Gasteiger partial charge in [-0.25, -0.2) is 0 Å². The molecule has 0 aliphatic heterocycles. The Labute approximate surface area is 120 Å². The van der Waals surface area contributed by atoms with Crippen LogP contribution in [-0.4, -0.2) is 80.9 Å². The van der Waals surface area contributed by atoms with E-state index < -0.39 is 6.10 Å². The smallest absolute Gasteiger partial charge is 0.111 e. The fraction of sp³-hybridized carbons (Fsp3) is 0.846. The maximum absolute atomic E-state index is 8.41. The first-order valence-corrected chi connectivity index (χ1v) is 6.54. The molecule has 0 amide bonds. The van der Waals surface area contributed by atoms with E-state index in [0.29, 0.717) is 46.2 Å². The highest BCUT2D eigenvalue weighted by molar-refractivity contribution is 4.47. The van der Waals surface area contributed by atoms with Gasteiger partial charge in [-0.15, -0.1) is 0 Å². The molecule has 0 aromatic heterocycles. The lowest BCUT2D eigenvalue weighted by molar-refractivity contribution is 0.00139. The highest BCUT2D eigenvalue weighted by Crippen LogP contribution is 1.82. The third kappa shape index (κ3) is 26.0. The minimum Gasteiger partial charge on any atom is -0.499 e. The Balaban J connectivity index is 0. The van der Waals surface area contributed by atoms with Gasteiger partial charge >= 0.3 is 0 Å². The summed E-state index contributed by atoms with van der Waals surface area (Å²) in [5.41, 5.74) is 0. The molecule has 0 saturated carbocycles. The molecule has 0 heterocycles. The van der Waals surface area contributed by atoms with Gasteiger partial charge < -0.3 is 34.3 Å². The minimum atomic E-state index is -0.560. The molecule has 0 saturated heterocycles. The van der Waals surface area contributed by atoms with Crippen LogP contribution in [0.1, 0.15) is 6.92 Å². The van der Waals surface area contributed by atoms with E-state index in [4.69, 9.17) is 34.3 Å². The second-order valence-corrected chi connectivity index (χ2v) is 3.63. The average Bonchev–Trinajstić information content (AvgIpc) is 2.45. The zero-order valence-corrected chi connectivity index (χ0v) is 12.2. The first-order valence-electron chi connectivity index (χ1n) is 6.54. The van der Waals surface area contributed by atoms with Crippen molar-refractivity contribution in [3.8, 4) is 0 Å². The molecule has 122 valence electrons. The normalized spacial score (nSPS) is 11.4. The molecule has 1 unspecified atom stereocenters. The van der Waals surface area contributed by atoms with E-state index in [9.17, 15) is 0 Å². The van der Waals surface area contributed by atoms with Crippen molar-refractivity contribution < 1.29 is 34.3 Å². The van der Waals surface area contributed by atoms with Crippen molar-refractivity contribution >= 4 is 0 Å². The number of aliphatic hydroxyl groups is 3. The Hall–Kier alpha value is -0.700. The Morgan fingerprint density at radius 3 is 1.65 bits per heavy atom. The molecule has 0 aromatic rings. The van der Waals surface area contributed by atoms with Crippen molar-refractivity contribution in [1.82, 2.24) is 0 Å². The molecule has 0 aliphatic rings. The molecule has 3 N–H and O–H groups in total. The molecule has 0 aromatic carbocycles. The SMILES string of the molecule is C=COCCOCCOCCOCCO.CC(O)CO. The first-order chi connectivity index (χ1) is 9.68. The second-order valence-electron chi connectivity index (χ2n) is 3.63. The Bertz CT molecular complexity index is 176. The Morgan fingerprint density at radius 2 is 1.30 bits per heavy atom. The van der Waals surface area contributed by atoms with Crippen LogP contribution < -0.4 is 0 Å². The van der Waals surface area contributed by atoms with Gasteiger partial charge in [0.15, 0.2) is 0 Å². The van der Waals surface area contributed by atoms with E-state index in [1.54, 1.807) is 0 Å². The summed E-state index contributed by atoms with van der Waals surface area (Å²) >= 11 is 0. The molecule has 7 heteroatoms. The fourth-order valence-corrected chi connectivity index (χ4v) is 0.797. The van der Waals surface area contributed by atoms with Gasteiger partial charge in [0.25, 0.3) is 0 Å². The zero-order valence-electron chi connectivity index (χ0n) is 12.2. The standard InChI is InChI=1S/C10H20O5.C3H8O2/c1-2-12-5-6-14-9-10-15-8-7-13-4-3-11;1-3(5)2-4/h2,11H,1,3-10H2;3-5H,2H2,1H3. The summed E-state index contributed by atoms with van der Waals surface area (Å²) in [6.45, 7) is 8.36. The zero-order chi connectivity index (χ0) is 15.5. The maximum atomic E-state index is 8.41. The first kappa shape index (κ1) is 21.6. The second kappa shape index (κ2) is 20.6. The van der Waals surface area contributed by atoms with Crippen LogP contribution in [0.25, 0.3) is 0 Å². The fourth-order valence-electron chi connectivity index (χ4n) is 0.797. The van der Waals surface area contributed by atoms with E-state index in [2.05, 4.69) is 6.58 Å². The van der Waals surface area contributed by atoms with Gasteiger partial charge in [-0.05, 0) is 6.92 Å². The van der Waals surface area contributed by atoms with Crippen LogP contribution in [0.3, 0.4) is 0 Å². The molecule has 7 nitrogen and oxygen atoms in total. The van der Waals surface area contributed by atoms with Gasteiger partial charge in [0.1, 0.15) is 6.61 Å². The van der Waals surface area contributed by atoms with Crippen molar-refractivity contribution in [1.29, 1.82) is 0 Å². The average molecular weight is 296 g/mol. The van der Waals surface area contributed by atoms with Crippen molar-refractivity contribution in [2.45, 2.75) is 13.0 Å². The summed E-state index contributed by atoms with van der Waals surface area (Å²) in [4.78, 5) is 0. The van der Waals surface area contributed by atoms with Crippen molar-refractivity contribution in [3.63, 3.8) is 0 Å². The molecule has 20 heavy (non-hydrogen) atoms. The Morgan fingerprint density at radius 1 is 0.900 bits per heavy atom. The molecule has 0 bridgehead atoms. The summed E-state index contributed by atoms with van der Waals surface area (Å²) < 4.78 is 20.2. The van der Waals surface area contributed by atoms with Crippen LogP contribution >= 0.6 is 0 Å². The van der Waals surface area contributed by atoms with Gasteiger partial charge in [0.05, 0.1) is 65.2 Å². The predicted molar refractivity (Wildman–Crippen MR) is 74.5 cm³/mol. The number of aliphatic hydroxyl groups excluding tert-OH is 3. The lowest BCUT2D eigenvalue weighted by Crippen LogP contribution is -2.12. The van der Waals surface area contributed by atoms with Gasteiger partial charge in [0.2, 0.25) is 0 Å². The van der Waals surface area contributed by atoms with Crippen LogP contribution in [0, 0.1) is 0 Å². The largest absolute Gasteiger partial charge is 0.499 e. The molecular weight excluding hydrogens is 268 g/mol. The number of hydrogen-bond donors (Lipinski definition) is 3. The van der Waals surface area contributed by atoms with Gasteiger partial charge in [-0.3, -0.25) is 0 Å². The minimum absolute atomic E-state index is 0.0480. The summed E-state index contributed by atoms with van der Waals surface area (Å²) in [7, 11) is 0. The molecule has 1 atom stereocenters. The summed E-state index contributed by atoms with van der Waals surface area (Å²) in [5, 5.41) is 24.4. The third-order valence-electron chi connectivity index (χ3n) is 1.71. The van der Waals surface area contributed by atoms with Gasteiger partial charge in [0, 0.05) is 0 Å². The molecule has 0 radical (unpaired) electrons. The number of ether oxygens (including phenoxy) is 4. The predicted octanol–water partition coefficient (Wildman–Crippen LogP) is -0.452. The molecule has 0 rings (SSSR count). The highest BCUT2D eigenvalue weighted by Gasteiger charge is 1.90. The lowest BCUT2D eigenvalue weighted by Gasteiger charge is -2.05. The van der Waals surface area contributed by atoms with Gasteiger partial charge in [-0.1, -0.05) is 6.58 Å². The van der Waals surface area contributed by atoms with Crippen LogP contribution in [-0.2, 0) is 18.9 Å². The molecular formula is C13H28O7. The van der Waals surface area contributed by atoms with Crippen LogP contribution in [0.15, 0.2) is 12.8 Å². The molecule has 0 aliphatic carbocycles. The number of rotatable bonds is 13. The van der Waals surface area contributed by atoms with Crippen molar-refractivity contribution in [3.05, 3.63) is 12.8 Å². The van der Waals surface area contributed by atoms with Crippen molar-refractivity contribution in [2.24, 2.45) is 0 Å². The molecule has 0 fully saturated rings. The van der Waals surface area contributed by atoms with E-state index >= 15 is 0 Å². The van der Waals surface area contributed by atoms with Gasteiger partial charge in [-0.2, -0.15) is 0 Å². The van der Waals surface area contributed by atoms with E-state index in [0.717, 1.165) is 0 Å². The van der Waals surface area contributed by atoms with Crippen molar-refractivity contribution in [2.75, 3.05) is 59.5 Å². The summed E-state index contributed by atoms with van der Waals surface area (Å²) in [5.74, 6) is 0. The number of hydrogen-bond acceptors (Lipinski definition) is 7. The van der Waals surface area contributed by atoms with Crippen LogP contribution in [0.4, 0.5) is 0 Å². The van der Waals surface area contributed by atoms with E-state index in [1.807, 2.05) is 0 Å². The molecule has 0 spiro atoms. The lowest BCUT2D eigenvalue weighted by atomic mass is 10.5. The summed E-state index contributed by atoms with van der Waals surface area (Å²) in [6.07, 6.45) is 0.827. The van der Waals surface area contributed by atoms with Crippen LogP contribution in [0.2, 0.25) is 0 Å². The van der Waals surface area contributed by atoms with E-state index in [-0.39, 0.29) is 13.2 Å². The summed E-state index contributed by atoms with van der Waals surface area (Å²) in [6, 6.07) is 0. The third-order valence-corrected chi connectivity index (χ3v) is 1.71. The topological polar surface area (TPSA) is 97.6 Å². The maximum Gasteiger partial charge on any atom is 0.111 e. The Kier molecular flexibility index (Phi) is 22.3. The quantitative estimate of drug-likeness (QED) is 0.313. The monoisotopic (exact) mass is 296 g/mol. The van der Waals surface area contributed by atoms with E-state index in [1.165, 1.54) is 13.2 Å². The highest BCUT2D eigenvalue weighted by atomic mass is 16.6.